The van der Waals surface area contributed by atoms with Gasteiger partial charge in [0.15, 0.2) is 6.29 Å². The Balaban J connectivity index is 3.40. The molecule has 14 heavy (non-hydrogen) atoms. The molecule has 0 saturated heterocycles. The van der Waals surface area contributed by atoms with Gasteiger partial charge in [0, 0.05) is 5.46 Å². The average molecular weight is 214 g/mol. The molecule has 0 amide bonds. The van der Waals surface area contributed by atoms with Gasteiger partial charge in [-0.05, 0) is 6.07 Å². The number of halogens is 1. The molecule has 0 spiro atoms. The first-order chi connectivity index (χ1) is 6.61. The van der Waals surface area contributed by atoms with E-state index in [1.165, 1.54) is 19.2 Å². The summed E-state index contributed by atoms with van der Waals surface area (Å²) in [6.07, 6.45) is 0.507. The lowest BCUT2D eigenvalue weighted by molar-refractivity contribution is 0.112. The SMILES string of the molecule is COc1c(B(O)O)ccc(Cl)c1C=O. The summed E-state index contributed by atoms with van der Waals surface area (Å²) in [7, 11) is -0.370. The quantitative estimate of drug-likeness (QED) is 0.542. The summed E-state index contributed by atoms with van der Waals surface area (Å²) in [5, 5.41) is 18.1. The van der Waals surface area contributed by atoms with Crippen molar-refractivity contribution in [2.45, 2.75) is 0 Å². The second-order valence-corrected chi connectivity index (χ2v) is 2.98. The largest absolute Gasteiger partial charge is 0.496 e. The van der Waals surface area contributed by atoms with Crippen LogP contribution >= 0.6 is 11.6 Å². The molecule has 1 aromatic carbocycles. The minimum Gasteiger partial charge on any atom is -0.496 e. The van der Waals surface area contributed by atoms with Gasteiger partial charge in [-0.3, -0.25) is 4.79 Å². The number of rotatable bonds is 3. The summed E-state index contributed by atoms with van der Waals surface area (Å²) >= 11 is 5.71. The van der Waals surface area contributed by atoms with Crippen LogP contribution < -0.4 is 10.2 Å². The third-order valence-electron chi connectivity index (χ3n) is 1.77. The summed E-state index contributed by atoms with van der Waals surface area (Å²) in [6, 6.07) is 2.79. The van der Waals surface area contributed by atoms with E-state index in [1.54, 1.807) is 0 Å². The van der Waals surface area contributed by atoms with Crippen molar-refractivity contribution in [3.63, 3.8) is 0 Å². The maximum Gasteiger partial charge on any atom is 0.492 e. The van der Waals surface area contributed by atoms with Crippen molar-refractivity contribution in [1.29, 1.82) is 0 Å². The Hall–Kier alpha value is -1.04. The number of carbonyl (C=O) groups is 1. The lowest BCUT2D eigenvalue weighted by Crippen LogP contribution is -2.31. The molecule has 4 nitrogen and oxygen atoms in total. The third-order valence-corrected chi connectivity index (χ3v) is 2.10. The zero-order valence-electron chi connectivity index (χ0n) is 7.40. The van der Waals surface area contributed by atoms with Crippen molar-refractivity contribution < 1.29 is 19.6 Å². The van der Waals surface area contributed by atoms with Crippen LogP contribution in [0.1, 0.15) is 10.4 Å². The van der Waals surface area contributed by atoms with E-state index in [9.17, 15) is 4.79 Å². The fourth-order valence-corrected chi connectivity index (χ4v) is 1.33. The number of methoxy groups -OCH3 is 1. The summed E-state index contributed by atoms with van der Waals surface area (Å²) in [5.41, 5.74) is 0.221. The first kappa shape index (κ1) is 11.0. The van der Waals surface area contributed by atoms with Crippen LogP contribution in [-0.2, 0) is 0 Å². The zero-order valence-corrected chi connectivity index (χ0v) is 8.15. The molecule has 0 atom stereocenters. The normalized spacial score (nSPS) is 9.71. The Morgan fingerprint density at radius 2 is 2.14 bits per heavy atom. The van der Waals surface area contributed by atoms with Gasteiger partial charge in [0.2, 0.25) is 0 Å². The maximum atomic E-state index is 10.7. The van der Waals surface area contributed by atoms with E-state index in [2.05, 4.69) is 0 Å². The van der Waals surface area contributed by atoms with Crippen LogP contribution in [0.5, 0.6) is 5.75 Å². The van der Waals surface area contributed by atoms with E-state index >= 15 is 0 Å². The van der Waals surface area contributed by atoms with Gasteiger partial charge in [0.1, 0.15) is 5.75 Å². The van der Waals surface area contributed by atoms with Crippen molar-refractivity contribution in [2.75, 3.05) is 7.11 Å². The van der Waals surface area contributed by atoms with Gasteiger partial charge in [-0.1, -0.05) is 17.7 Å². The summed E-state index contributed by atoms with van der Waals surface area (Å²) in [4.78, 5) is 10.7. The van der Waals surface area contributed by atoms with E-state index in [1.807, 2.05) is 0 Å². The van der Waals surface area contributed by atoms with Crippen LogP contribution in [0.4, 0.5) is 0 Å². The fourth-order valence-electron chi connectivity index (χ4n) is 1.13. The second kappa shape index (κ2) is 4.46. The first-order valence-electron chi connectivity index (χ1n) is 3.79. The molecule has 0 heterocycles. The highest BCUT2D eigenvalue weighted by Gasteiger charge is 2.21. The van der Waals surface area contributed by atoms with Gasteiger partial charge >= 0.3 is 7.12 Å². The van der Waals surface area contributed by atoms with E-state index < -0.39 is 7.12 Å². The van der Waals surface area contributed by atoms with Gasteiger partial charge < -0.3 is 14.8 Å². The van der Waals surface area contributed by atoms with Crippen molar-refractivity contribution in [1.82, 2.24) is 0 Å². The van der Waals surface area contributed by atoms with E-state index in [0.717, 1.165) is 0 Å². The summed E-state index contributed by atoms with van der Waals surface area (Å²) in [6.45, 7) is 0. The minimum absolute atomic E-state index is 0.0856. The molecule has 0 fully saturated rings. The Morgan fingerprint density at radius 3 is 2.57 bits per heavy atom. The zero-order chi connectivity index (χ0) is 10.7. The Morgan fingerprint density at radius 1 is 1.50 bits per heavy atom. The third kappa shape index (κ3) is 1.90. The molecule has 74 valence electrons. The van der Waals surface area contributed by atoms with Gasteiger partial charge in [-0.15, -0.1) is 0 Å². The van der Waals surface area contributed by atoms with Crippen LogP contribution in [0.15, 0.2) is 12.1 Å². The smallest absolute Gasteiger partial charge is 0.492 e. The first-order valence-corrected chi connectivity index (χ1v) is 4.17. The molecule has 0 radical (unpaired) electrons. The highest BCUT2D eigenvalue weighted by Crippen LogP contribution is 2.22. The molecule has 6 heteroatoms. The van der Waals surface area contributed by atoms with Gasteiger partial charge in [0.25, 0.3) is 0 Å². The highest BCUT2D eigenvalue weighted by atomic mass is 35.5. The Kier molecular flexibility index (Phi) is 3.52. The molecular weight excluding hydrogens is 206 g/mol. The number of benzene rings is 1. The van der Waals surface area contributed by atoms with Gasteiger partial charge in [-0.2, -0.15) is 0 Å². The molecule has 0 saturated carbocycles. The predicted molar refractivity (Wildman–Crippen MR) is 53.2 cm³/mol. The number of aldehydes is 1. The molecule has 0 bridgehead atoms. The van der Waals surface area contributed by atoms with Crippen LogP contribution in [-0.4, -0.2) is 30.6 Å². The second-order valence-electron chi connectivity index (χ2n) is 2.58. The van der Waals surface area contributed by atoms with Crippen molar-refractivity contribution in [3.8, 4) is 5.75 Å². The molecular formula is C8H8BClO4. The van der Waals surface area contributed by atoms with Crippen LogP contribution in [0.2, 0.25) is 5.02 Å². The predicted octanol–water partition coefficient (Wildman–Crippen LogP) is -0.159. The van der Waals surface area contributed by atoms with Gasteiger partial charge in [0.05, 0.1) is 17.7 Å². The van der Waals surface area contributed by atoms with Crippen LogP contribution in [0.25, 0.3) is 0 Å². The molecule has 0 unspecified atom stereocenters. The summed E-state index contributed by atoms with van der Waals surface area (Å²) < 4.78 is 4.87. The van der Waals surface area contributed by atoms with Gasteiger partial charge in [-0.25, -0.2) is 0 Å². The minimum atomic E-state index is -1.69. The fraction of sp³-hybridized carbons (Fsp3) is 0.125. The molecule has 2 N–H and O–H groups in total. The number of hydrogen-bond acceptors (Lipinski definition) is 4. The molecule has 1 aromatic rings. The molecule has 1 rings (SSSR count). The van der Waals surface area contributed by atoms with E-state index in [0.29, 0.717) is 6.29 Å². The molecule has 0 aliphatic heterocycles. The average Bonchev–Trinajstić information content (AvgIpc) is 2.16. The van der Waals surface area contributed by atoms with Crippen molar-refractivity contribution in [2.24, 2.45) is 0 Å². The highest BCUT2D eigenvalue weighted by molar-refractivity contribution is 6.60. The van der Waals surface area contributed by atoms with E-state index in [-0.39, 0.29) is 21.8 Å². The summed E-state index contributed by atoms with van der Waals surface area (Å²) in [5.74, 6) is 0.0856. The van der Waals surface area contributed by atoms with E-state index in [4.69, 9.17) is 26.4 Å². The topological polar surface area (TPSA) is 66.8 Å². The number of carbonyl (C=O) groups excluding carboxylic acids is 1. The molecule has 0 aliphatic rings. The monoisotopic (exact) mass is 214 g/mol. The number of hydrogen-bond donors (Lipinski definition) is 2. The Labute approximate surface area is 86.2 Å². The van der Waals surface area contributed by atoms with Crippen molar-refractivity contribution in [3.05, 3.63) is 22.7 Å². The van der Waals surface area contributed by atoms with Crippen molar-refractivity contribution >= 4 is 30.5 Å². The molecule has 0 aliphatic carbocycles. The lowest BCUT2D eigenvalue weighted by atomic mass is 9.78. The lowest BCUT2D eigenvalue weighted by Gasteiger charge is -2.10. The van der Waals surface area contributed by atoms with Crippen LogP contribution in [0, 0.1) is 0 Å². The van der Waals surface area contributed by atoms with Crippen LogP contribution in [0.3, 0.4) is 0 Å². The maximum absolute atomic E-state index is 10.7. The molecule has 0 aromatic heterocycles. The number of ether oxygens (including phenoxy) is 1. The standard InChI is InChI=1S/C8H8BClO4/c1-14-8-5(4-11)7(10)3-2-6(8)9(12)13/h2-4,12-13H,1H3. The Bertz CT molecular complexity index is 353.